The second-order valence-electron chi connectivity index (χ2n) is 12.2. The summed E-state index contributed by atoms with van der Waals surface area (Å²) in [6.07, 6.45) is 30.8. The van der Waals surface area contributed by atoms with Gasteiger partial charge in [-0.1, -0.05) is 89.9 Å². The molecular weight excluding hydrogens is 512 g/mol. The second-order valence-corrected chi connectivity index (χ2v) is 12.2. The normalized spacial score (nSPS) is 20.0. The van der Waals surface area contributed by atoms with Gasteiger partial charge in [0.15, 0.2) is 12.6 Å². The first-order chi connectivity index (χ1) is 20.4. The third kappa shape index (κ3) is 22.5. The molecule has 0 spiro atoms. The summed E-state index contributed by atoms with van der Waals surface area (Å²) >= 11 is 0. The molecule has 0 bridgehead atoms. The largest absolute Gasteiger partial charge is 0.366 e. The van der Waals surface area contributed by atoms with Crippen molar-refractivity contribution in [2.45, 2.75) is 186 Å². The number of hydrogen-bond donors (Lipinski definition) is 0. The predicted molar refractivity (Wildman–Crippen MR) is 170 cm³/mol. The van der Waals surface area contributed by atoms with Gasteiger partial charge in [-0.05, 0) is 77.0 Å². The topological polar surface area (TPSA) is 46.2 Å². The van der Waals surface area contributed by atoms with Crippen LogP contribution < -0.4 is 0 Å². The van der Waals surface area contributed by atoms with E-state index < -0.39 is 0 Å². The van der Waals surface area contributed by atoms with Crippen LogP contribution in [0.5, 0.6) is 0 Å². The highest BCUT2D eigenvalue weighted by Gasteiger charge is 2.14. The first-order valence-electron chi connectivity index (χ1n) is 17.9. The fourth-order valence-electron chi connectivity index (χ4n) is 5.59. The van der Waals surface area contributed by atoms with Crippen molar-refractivity contribution in [3.63, 3.8) is 0 Å². The Morgan fingerprint density at radius 2 is 1.10 bits per heavy atom. The van der Waals surface area contributed by atoms with Crippen molar-refractivity contribution in [3.8, 4) is 11.8 Å². The van der Waals surface area contributed by atoms with Crippen LogP contribution in [-0.2, 0) is 23.7 Å². The van der Waals surface area contributed by atoms with Crippen molar-refractivity contribution in [3.05, 3.63) is 0 Å². The van der Waals surface area contributed by atoms with Crippen LogP contribution in [0.3, 0.4) is 0 Å². The molecule has 0 amide bonds. The molecule has 5 nitrogen and oxygen atoms in total. The molecule has 2 rings (SSSR count). The van der Waals surface area contributed by atoms with Gasteiger partial charge in [0, 0.05) is 39.5 Å². The van der Waals surface area contributed by atoms with Crippen molar-refractivity contribution in [2.75, 3.05) is 33.0 Å². The minimum Gasteiger partial charge on any atom is -0.366 e. The summed E-state index contributed by atoms with van der Waals surface area (Å²) < 4.78 is 29.3. The van der Waals surface area contributed by atoms with Crippen LogP contribution in [0.15, 0.2) is 0 Å². The van der Waals surface area contributed by atoms with E-state index in [1.807, 2.05) is 0 Å². The van der Waals surface area contributed by atoms with Gasteiger partial charge in [0.2, 0.25) is 0 Å². The molecular formula is C36H66O5. The molecule has 0 radical (unpaired) electrons. The molecule has 2 heterocycles. The molecule has 240 valence electrons. The van der Waals surface area contributed by atoms with Gasteiger partial charge in [0.25, 0.3) is 0 Å². The third-order valence-electron chi connectivity index (χ3n) is 8.27. The van der Waals surface area contributed by atoms with Crippen molar-refractivity contribution in [1.29, 1.82) is 0 Å². The zero-order valence-corrected chi connectivity index (χ0v) is 27.0. The predicted octanol–water partition coefficient (Wildman–Crippen LogP) is 9.89. The van der Waals surface area contributed by atoms with Crippen LogP contribution in [0, 0.1) is 11.8 Å². The highest BCUT2D eigenvalue weighted by Crippen LogP contribution is 2.16. The number of hydrogen-bond acceptors (Lipinski definition) is 5. The monoisotopic (exact) mass is 578 g/mol. The summed E-state index contributed by atoms with van der Waals surface area (Å²) in [4.78, 5) is 0. The molecule has 0 saturated carbocycles. The molecule has 0 aromatic rings. The summed E-state index contributed by atoms with van der Waals surface area (Å²) in [5, 5.41) is 0. The maximum absolute atomic E-state index is 6.27. The Hall–Kier alpha value is -0.640. The van der Waals surface area contributed by atoms with E-state index in [0.717, 1.165) is 90.8 Å². The van der Waals surface area contributed by atoms with Crippen molar-refractivity contribution >= 4 is 0 Å². The maximum atomic E-state index is 6.27. The van der Waals surface area contributed by atoms with E-state index in [0.29, 0.717) is 0 Å². The van der Waals surface area contributed by atoms with Crippen LogP contribution in [0.2, 0.25) is 0 Å². The van der Waals surface area contributed by atoms with Gasteiger partial charge < -0.3 is 23.7 Å². The van der Waals surface area contributed by atoms with Gasteiger partial charge in [-0.15, -0.1) is 5.92 Å². The van der Waals surface area contributed by atoms with Crippen molar-refractivity contribution < 1.29 is 23.7 Å². The fourth-order valence-corrected chi connectivity index (χ4v) is 5.59. The lowest BCUT2D eigenvalue weighted by Crippen LogP contribution is -2.22. The Morgan fingerprint density at radius 3 is 1.66 bits per heavy atom. The summed E-state index contributed by atoms with van der Waals surface area (Å²) in [7, 11) is 0. The number of unbranched alkanes of at least 4 members (excludes halogenated alkanes) is 15. The molecule has 0 N–H and O–H groups in total. The molecule has 2 saturated heterocycles. The van der Waals surface area contributed by atoms with Gasteiger partial charge >= 0.3 is 0 Å². The smallest absolute Gasteiger partial charge is 0.157 e. The Kier molecular flexibility index (Phi) is 25.1. The fraction of sp³-hybridized carbons (Fsp3) is 0.944. The Balaban J connectivity index is 1.52. The number of rotatable bonds is 26. The average Bonchev–Trinajstić information content (AvgIpc) is 3.01. The molecule has 2 fully saturated rings. The Morgan fingerprint density at radius 1 is 0.585 bits per heavy atom. The highest BCUT2D eigenvalue weighted by atomic mass is 16.7. The Bertz CT molecular complexity index is 603. The average molecular weight is 579 g/mol. The van der Waals surface area contributed by atoms with Crippen LogP contribution >= 0.6 is 0 Å². The molecule has 0 aliphatic carbocycles. The Labute approximate surface area is 254 Å². The van der Waals surface area contributed by atoms with E-state index in [-0.39, 0.29) is 18.7 Å². The zero-order chi connectivity index (χ0) is 28.9. The van der Waals surface area contributed by atoms with Crippen molar-refractivity contribution in [1.82, 2.24) is 0 Å². The van der Waals surface area contributed by atoms with E-state index in [9.17, 15) is 0 Å². The van der Waals surface area contributed by atoms with Gasteiger partial charge in [-0.3, -0.25) is 0 Å². The molecule has 41 heavy (non-hydrogen) atoms. The third-order valence-corrected chi connectivity index (χ3v) is 8.27. The van der Waals surface area contributed by atoms with Crippen LogP contribution in [0.25, 0.3) is 0 Å². The van der Waals surface area contributed by atoms with Gasteiger partial charge in [-0.25, -0.2) is 0 Å². The van der Waals surface area contributed by atoms with E-state index in [1.54, 1.807) is 0 Å². The van der Waals surface area contributed by atoms with Crippen LogP contribution in [0.4, 0.5) is 0 Å². The summed E-state index contributed by atoms with van der Waals surface area (Å²) in [5.41, 5.74) is 0. The molecule has 2 aliphatic rings. The highest BCUT2D eigenvalue weighted by molar-refractivity contribution is 5.05. The quantitative estimate of drug-likeness (QED) is 0.0755. The lowest BCUT2D eigenvalue weighted by atomic mass is 10.1. The molecule has 0 aromatic heterocycles. The van der Waals surface area contributed by atoms with Gasteiger partial charge in [-0.2, -0.15) is 0 Å². The standard InChI is InChI=1S/C36H66O5/c1-2-3-4-5-6-7-8-9-10-11-12-16-25-34(26-17-15-22-31-39-36-28-19-24-33-41-36)37-29-20-13-14-21-30-38-35-27-18-23-32-40-35/h34-36H,2-15,17-24,26-33H2,1H3. The molecule has 0 aromatic carbocycles. The molecule has 2 aliphatic heterocycles. The van der Waals surface area contributed by atoms with Crippen molar-refractivity contribution in [2.24, 2.45) is 0 Å². The summed E-state index contributed by atoms with van der Waals surface area (Å²) in [5.74, 6) is 6.94. The lowest BCUT2D eigenvalue weighted by Gasteiger charge is -2.22. The van der Waals surface area contributed by atoms with Gasteiger partial charge in [0.1, 0.15) is 6.10 Å². The first kappa shape index (κ1) is 36.6. The molecule has 5 heteroatoms. The summed E-state index contributed by atoms with van der Waals surface area (Å²) in [6.45, 7) is 6.42. The lowest BCUT2D eigenvalue weighted by molar-refractivity contribution is -0.163. The minimum atomic E-state index is 0.0312. The zero-order valence-electron chi connectivity index (χ0n) is 27.0. The SMILES string of the molecule is CCCCCCCCCCCCC#CC(CCCCCOC1CCCCO1)OCCCCCCOC1CCCCO1. The summed E-state index contributed by atoms with van der Waals surface area (Å²) in [6, 6.07) is 0. The maximum Gasteiger partial charge on any atom is 0.157 e. The van der Waals surface area contributed by atoms with E-state index in [1.165, 1.54) is 103 Å². The first-order valence-corrected chi connectivity index (χ1v) is 17.9. The molecule has 3 atom stereocenters. The van der Waals surface area contributed by atoms with E-state index in [4.69, 9.17) is 23.7 Å². The van der Waals surface area contributed by atoms with Gasteiger partial charge in [0.05, 0.1) is 0 Å². The minimum absolute atomic E-state index is 0.0312. The number of ether oxygens (including phenoxy) is 5. The van der Waals surface area contributed by atoms with E-state index >= 15 is 0 Å². The second kappa shape index (κ2) is 28.1. The van der Waals surface area contributed by atoms with Crippen LogP contribution in [0.1, 0.15) is 167 Å². The van der Waals surface area contributed by atoms with E-state index in [2.05, 4.69) is 18.8 Å². The van der Waals surface area contributed by atoms with Crippen LogP contribution in [-0.4, -0.2) is 51.7 Å². The molecule has 3 unspecified atom stereocenters.